The van der Waals surface area contributed by atoms with Crippen LogP contribution in [0.25, 0.3) is 6.08 Å². The average molecular weight is 249 g/mol. The second-order valence-electron chi connectivity index (χ2n) is 3.24. The van der Waals surface area contributed by atoms with E-state index < -0.39 is 17.1 Å². The van der Waals surface area contributed by atoms with E-state index in [1.807, 2.05) is 0 Å². The van der Waals surface area contributed by atoms with Crippen LogP contribution in [0.1, 0.15) is 15.9 Å². The molecule has 0 atom stereocenters. The number of carbonyl (C=O) groups is 3. The van der Waals surface area contributed by atoms with Crippen molar-refractivity contribution in [2.45, 2.75) is 0 Å². The first-order chi connectivity index (χ1) is 8.08. The standard InChI is InChI=1S/C11H7NO4S/c13-9-8(17-11(16)12-9)5-6-3-1-2-4-7(6)10(14)15/h1-5H,(H,14,15)(H,12,13,16)/b8-5-. The highest BCUT2D eigenvalue weighted by Crippen LogP contribution is 2.26. The smallest absolute Gasteiger partial charge is 0.336 e. The Morgan fingerprint density at radius 2 is 2.00 bits per heavy atom. The Labute approximate surface area is 101 Å². The molecule has 5 nitrogen and oxygen atoms in total. The van der Waals surface area contributed by atoms with Crippen molar-refractivity contribution in [1.82, 2.24) is 5.32 Å². The maximum atomic E-state index is 11.3. The summed E-state index contributed by atoms with van der Waals surface area (Å²) in [5, 5.41) is 10.6. The minimum absolute atomic E-state index is 0.0905. The van der Waals surface area contributed by atoms with Crippen LogP contribution in [0.2, 0.25) is 0 Å². The van der Waals surface area contributed by atoms with Crippen LogP contribution in [0.4, 0.5) is 4.79 Å². The number of hydrogen-bond donors (Lipinski definition) is 2. The molecule has 1 fully saturated rings. The highest BCUT2D eigenvalue weighted by molar-refractivity contribution is 8.18. The zero-order valence-electron chi connectivity index (χ0n) is 8.47. The molecule has 17 heavy (non-hydrogen) atoms. The lowest BCUT2D eigenvalue weighted by Crippen LogP contribution is -2.17. The van der Waals surface area contributed by atoms with Crippen molar-refractivity contribution in [2.75, 3.05) is 0 Å². The fourth-order valence-electron chi connectivity index (χ4n) is 1.38. The largest absolute Gasteiger partial charge is 0.478 e. The summed E-state index contributed by atoms with van der Waals surface area (Å²) in [4.78, 5) is 33.4. The molecule has 1 aromatic carbocycles. The molecule has 1 aliphatic rings. The SMILES string of the molecule is O=C1NC(=O)/C(=C/c2ccccc2C(=O)O)S1. The van der Waals surface area contributed by atoms with Crippen LogP contribution < -0.4 is 5.32 Å². The molecule has 2 amide bonds. The summed E-state index contributed by atoms with van der Waals surface area (Å²) < 4.78 is 0. The Morgan fingerprint density at radius 3 is 2.59 bits per heavy atom. The average Bonchev–Trinajstić information content (AvgIpc) is 2.58. The van der Waals surface area contributed by atoms with Gasteiger partial charge in [-0.1, -0.05) is 18.2 Å². The number of benzene rings is 1. The van der Waals surface area contributed by atoms with Gasteiger partial charge in [-0.05, 0) is 29.5 Å². The van der Waals surface area contributed by atoms with Crippen LogP contribution in [0.15, 0.2) is 29.2 Å². The van der Waals surface area contributed by atoms with E-state index in [2.05, 4.69) is 5.32 Å². The van der Waals surface area contributed by atoms with Crippen LogP contribution in [0.3, 0.4) is 0 Å². The van der Waals surface area contributed by atoms with Gasteiger partial charge in [0.05, 0.1) is 10.5 Å². The van der Waals surface area contributed by atoms with Gasteiger partial charge in [0.2, 0.25) is 0 Å². The number of aromatic carboxylic acids is 1. The molecule has 2 rings (SSSR count). The van der Waals surface area contributed by atoms with Gasteiger partial charge in [0.15, 0.2) is 0 Å². The normalized spacial score (nSPS) is 17.3. The van der Waals surface area contributed by atoms with Crippen LogP contribution in [-0.4, -0.2) is 22.2 Å². The summed E-state index contributed by atoms with van der Waals surface area (Å²) in [5.41, 5.74) is 0.486. The fraction of sp³-hybridized carbons (Fsp3) is 0. The van der Waals surface area contributed by atoms with Crippen molar-refractivity contribution in [2.24, 2.45) is 0 Å². The second kappa shape index (κ2) is 4.42. The Balaban J connectivity index is 2.42. The van der Waals surface area contributed by atoms with Gasteiger partial charge in [0, 0.05) is 0 Å². The first-order valence-corrected chi connectivity index (χ1v) is 5.47. The van der Waals surface area contributed by atoms with Crippen molar-refractivity contribution in [1.29, 1.82) is 0 Å². The van der Waals surface area contributed by atoms with E-state index in [-0.39, 0.29) is 10.5 Å². The summed E-state index contributed by atoms with van der Waals surface area (Å²) in [6.45, 7) is 0. The van der Waals surface area contributed by atoms with E-state index in [9.17, 15) is 14.4 Å². The van der Waals surface area contributed by atoms with Gasteiger partial charge < -0.3 is 5.11 Å². The molecule has 2 N–H and O–H groups in total. The van der Waals surface area contributed by atoms with E-state index in [4.69, 9.17) is 5.11 Å². The number of nitrogens with one attached hydrogen (secondary N) is 1. The lowest BCUT2D eigenvalue weighted by molar-refractivity contribution is -0.115. The third-order valence-electron chi connectivity index (χ3n) is 2.12. The van der Waals surface area contributed by atoms with E-state index in [1.165, 1.54) is 12.1 Å². The molecule has 0 aliphatic carbocycles. The monoisotopic (exact) mass is 249 g/mol. The molecule has 6 heteroatoms. The predicted octanol–water partition coefficient (Wildman–Crippen LogP) is 1.71. The molecule has 0 aromatic heterocycles. The Morgan fingerprint density at radius 1 is 1.29 bits per heavy atom. The number of carbonyl (C=O) groups excluding carboxylic acids is 2. The van der Waals surface area contributed by atoms with Gasteiger partial charge in [-0.25, -0.2) is 4.79 Å². The minimum Gasteiger partial charge on any atom is -0.478 e. The first-order valence-electron chi connectivity index (χ1n) is 4.65. The van der Waals surface area contributed by atoms with E-state index >= 15 is 0 Å². The van der Waals surface area contributed by atoms with Crippen LogP contribution in [0.5, 0.6) is 0 Å². The molecule has 0 spiro atoms. The predicted molar refractivity (Wildman–Crippen MR) is 62.5 cm³/mol. The van der Waals surface area contributed by atoms with Gasteiger partial charge >= 0.3 is 5.97 Å². The van der Waals surface area contributed by atoms with Crippen molar-refractivity contribution in [3.05, 3.63) is 40.3 Å². The third kappa shape index (κ3) is 2.36. The topological polar surface area (TPSA) is 83.5 Å². The maximum Gasteiger partial charge on any atom is 0.336 e. The Bertz CT molecular complexity index is 550. The number of thioether (sulfide) groups is 1. The third-order valence-corrected chi connectivity index (χ3v) is 2.93. The van der Waals surface area contributed by atoms with Crippen molar-refractivity contribution < 1.29 is 19.5 Å². The van der Waals surface area contributed by atoms with Gasteiger partial charge in [-0.15, -0.1) is 0 Å². The Hall–Kier alpha value is -2.08. The summed E-state index contributed by atoms with van der Waals surface area (Å²) in [7, 11) is 0. The minimum atomic E-state index is -1.08. The van der Waals surface area contributed by atoms with E-state index in [0.29, 0.717) is 5.56 Å². The molecule has 1 heterocycles. The molecule has 0 radical (unpaired) electrons. The number of amides is 2. The molecule has 0 bridgehead atoms. The number of hydrogen-bond acceptors (Lipinski definition) is 4. The lowest BCUT2D eigenvalue weighted by atomic mass is 10.1. The number of imide groups is 1. The number of carboxylic acid groups (broad SMARTS) is 1. The zero-order valence-corrected chi connectivity index (χ0v) is 9.28. The second-order valence-corrected chi connectivity index (χ2v) is 4.26. The van der Waals surface area contributed by atoms with Gasteiger partial charge in [-0.2, -0.15) is 0 Å². The first kappa shape index (κ1) is 11.4. The zero-order chi connectivity index (χ0) is 12.4. The van der Waals surface area contributed by atoms with Gasteiger partial charge in [0.1, 0.15) is 0 Å². The summed E-state index contributed by atoms with van der Waals surface area (Å²) >= 11 is 0.758. The maximum absolute atomic E-state index is 11.3. The molecule has 1 saturated heterocycles. The highest BCUT2D eigenvalue weighted by Gasteiger charge is 2.25. The highest BCUT2D eigenvalue weighted by atomic mass is 32.2. The van der Waals surface area contributed by atoms with Crippen molar-refractivity contribution in [3.63, 3.8) is 0 Å². The lowest BCUT2D eigenvalue weighted by Gasteiger charge is -2.00. The summed E-state index contributed by atoms with van der Waals surface area (Å²) in [5.74, 6) is -1.58. The molecular weight excluding hydrogens is 242 g/mol. The fourth-order valence-corrected chi connectivity index (χ4v) is 2.05. The van der Waals surface area contributed by atoms with Crippen LogP contribution in [-0.2, 0) is 4.79 Å². The van der Waals surface area contributed by atoms with Crippen LogP contribution >= 0.6 is 11.8 Å². The number of rotatable bonds is 2. The van der Waals surface area contributed by atoms with Crippen molar-refractivity contribution in [3.8, 4) is 0 Å². The molecule has 0 unspecified atom stereocenters. The van der Waals surface area contributed by atoms with Gasteiger partial charge in [0.25, 0.3) is 11.1 Å². The van der Waals surface area contributed by atoms with Crippen molar-refractivity contribution >= 4 is 35.0 Å². The summed E-state index contributed by atoms with van der Waals surface area (Å²) in [6.07, 6.45) is 1.40. The van der Waals surface area contributed by atoms with E-state index in [0.717, 1.165) is 11.8 Å². The molecule has 0 saturated carbocycles. The van der Waals surface area contributed by atoms with Crippen LogP contribution in [0, 0.1) is 0 Å². The number of carboxylic acids is 1. The molecule has 1 aliphatic heterocycles. The van der Waals surface area contributed by atoms with E-state index in [1.54, 1.807) is 18.2 Å². The molecule has 1 aromatic rings. The van der Waals surface area contributed by atoms with Gasteiger partial charge in [-0.3, -0.25) is 14.9 Å². The quantitative estimate of drug-likeness (QED) is 0.779. The Kier molecular flexibility index (Phi) is 2.97. The summed E-state index contributed by atoms with van der Waals surface area (Å²) in [6, 6.07) is 6.28. The molecular formula is C11H7NO4S. The molecule has 86 valence electrons.